The molecule has 0 spiro atoms. The Hall–Kier alpha value is -1.68. The van der Waals surface area contributed by atoms with E-state index in [2.05, 4.69) is 15.9 Å². The maximum absolute atomic E-state index is 12.3. The summed E-state index contributed by atoms with van der Waals surface area (Å²) in [6, 6.07) is 6.98. The van der Waals surface area contributed by atoms with Crippen LogP contribution in [0.5, 0.6) is 11.5 Å². The average Bonchev–Trinajstić information content (AvgIpc) is 3.24. The van der Waals surface area contributed by atoms with E-state index in [4.69, 9.17) is 21.7 Å². The zero-order chi connectivity index (χ0) is 19.6. The number of thioether (sulfide) groups is 1. The van der Waals surface area contributed by atoms with Crippen LogP contribution in [-0.2, 0) is 4.79 Å². The van der Waals surface area contributed by atoms with E-state index < -0.39 is 5.97 Å². The summed E-state index contributed by atoms with van der Waals surface area (Å²) in [6.45, 7) is 2.24. The Morgan fingerprint density at radius 2 is 2.19 bits per heavy atom. The summed E-state index contributed by atoms with van der Waals surface area (Å²) in [5, 5.41) is 1.81. The molecule has 0 N–H and O–H groups in total. The zero-order valence-corrected chi connectivity index (χ0v) is 18.4. The van der Waals surface area contributed by atoms with Crippen molar-refractivity contribution < 1.29 is 19.1 Å². The van der Waals surface area contributed by atoms with Crippen LogP contribution in [0.2, 0.25) is 0 Å². The molecule has 2 aromatic rings. The van der Waals surface area contributed by atoms with E-state index >= 15 is 0 Å². The summed E-state index contributed by atoms with van der Waals surface area (Å²) in [5.74, 6) is 0.115. The van der Waals surface area contributed by atoms with Gasteiger partial charge in [-0.15, -0.1) is 11.3 Å². The minimum Gasteiger partial charge on any atom is -0.490 e. The van der Waals surface area contributed by atoms with Gasteiger partial charge in [0.25, 0.3) is 5.91 Å². The van der Waals surface area contributed by atoms with Crippen LogP contribution in [0.15, 0.2) is 39.0 Å². The van der Waals surface area contributed by atoms with Gasteiger partial charge in [-0.2, -0.15) is 0 Å². The Morgan fingerprint density at radius 3 is 2.78 bits per heavy atom. The second-order valence-corrected chi connectivity index (χ2v) is 8.85. The van der Waals surface area contributed by atoms with Crippen LogP contribution in [0.3, 0.4) is 0 Å². The molecule has 0 bridgehead atoms. The SMILES string of the molecule is CCOc1cc(/C=C2\SC(=S)N(C)C2=O)cc(Br)c1OC(=O)c1cccs1. The third-order valence-electron chi connectivity index (χ3n) is 3.53. The number of likely N-dealkylation sites (N-methyl/N-ethyl adjacent to an activating group) is 1. The molecule has 5 nitrogen and oxygen atoms in total. The summed E-state index contributed by atoms with van der Waals surface area (Å²) in [4.78, 5) is 27.0. The first-order valence-corrected chi connectivity index (χ1v) is 10.7. The van der Waals surface area contributed by atoms with E-state index in [1.807, 2.05) is 12.3 Å². The van der Waals surface area contributed by atoms with Gasteiger partial charge in [-0.25, -0.2) is 4.79 Å². The number of rotatable bonds is 5. The minimum atomic E-state index is -0.453. The molecule has 3 rings (SSSR count). The Labute approximate surface area is 178 Å². The van der Waals surface area contributed by atoms with Crippen molar-refractivity contribution in [3.05, 3.63) is 49.5 Å². The number of benzene rings is 1. The largest absolute Gasteiger partial charge is 0.490 e. The number of nitrogens with zero attached hydrogens (tertiary/aromatic N) is 1. The molecule has 1 fully saturated rings. The molecule has 0 atom stereocenters. The van der Waals surface area contributed by atoms with Crippen LogP contribution in [0.25, 0.3) is 6.08 Å². The first-order chi connectivity index (χ1) is 12.9. The summed E-state index contributed by atoms with van der Waals surface area (Å²) >= 11 is 11.1. The van der Waals surface area contributed by atoms with Gasteiger partial charge in [0, 0.05) is 7.05 Å². The number of ether oxygens (including phenoxy) is 2. The van der Waals surface area contributed by atoms with Gasteiger partial charge < -0.3 is 9.47 Å². The number of carbonyl (C=O) groups is 2. The van der Waals surface area contributed by atoms with E-state index in [9.17, 15) is 9.59 Å². The van der Waals surface area contributed by atoms with Gasteiger partial charge in [-0.05, 0) is 58.1 Å². The lowest BCUT2D eigenvalue weighted by atomic mass is 10.2. The van der Waals surface area contributed by atoms with Crippen LogP contribution in [-0.4, -0.2) is 34.8 Å². The number of esters is 1. The van der Waals surface area contributed by atoms with Gasteiger partial charge >= 0.3 is 5.97 Å². The molecule has 1 saturated heterocycles. The van der Waals surface area contributed by atoms with Crippen molar-refractivity contribution in [1.82, 2.24) is 4.90 Å². The first kappa shape index (κ1) is 20.1. The van der Waals surface area contributed by atoms with Crippen molar-refractivity contribution in [2.45, 2.75) is 6.92 Å². The monoisotopic (exact) mass is 483 g/mol. The Kier molecular flexibility index (Phi) is 6.36. The van der Waals surface area contributed by atoms with Gasteiger partial charge in [0.05, 0.1) is 16.0 Å². The number of amides is 1. The summed E-state index contributed by atoms with van der Waals surface area (Å²) in [5.41, 5.74) is 0.732. The highest BCUT2D eigenvalue weighted by molar-refractivity contribution is 9.10. The van der Waals surface area contributed by atoms with E-state index in [0.717, 1.165) is 5.56 Å². The molecule has 140 valence electrons. The third kappa shape index (κ3) is 4.43. The molecular formula is C18H14BrNO4S3. The molecule has 0 unspecified atom stereocenters. The summed E-state index contributed by atoms with van der Waals surface area (Å²) < 4.78 is 12.2. The van der Waals surface area contributed by atoms with Crippen molar-refractivity contribution >= 4 is 73.5 Å². The standard InChI is InChI=1S/C18H14BrNO4S3/c1-3-23-12-8-10(9-14-16(21)20(2)18(25)27-14)7-11(19)15(12)24-17(22)13-5-4-6-26-13/h4-9H,3H2,1-2H3/b14-9-. The molecular weight excluding hydrogens is 470 g/mol. The van der Waals surface area contributed by atoms with E-state index in [0.29, 0.717) is 36.7 Å². The van der Waals surface area contributed by atoms with E-state index in [1.165, 1.54) is 28.0 Å². The van der Waals surface area contributed by atoms with Gasteiger partial charge in [0.2, 0.25) is 0 Å². The molecule has 0 radical (unpaired) electrons. The second kappa shape index (κ2) is 8.55. The van der Waals surface area contributed by atoms with Crippen LogP contribution < -0.4 is 9.47 Å². The normalized spacial score (nSPS) is 15.5. The van der Waals surface area contributed by atoms with Gasteiger partial charge in [0.15, 0.2) is 11.5 Å². The van der Waals surface area contributed by atoms with Gasteiger partial charge in [-0.3, -0.25) is 9.69 Å². The molecule has 1 amide bonds. The van der Waals surface area contributed by atoms with Crippen molar-refractivity contribution in [1.29, 1.82) is 0 Å². The Bertz CT molecular complexity index is 940. The molecule has 0 saturated carbocycles. The predicted molar refractivity (Wildman–Crippen MR) is 116 cm³/mol. The van der Waals surface area contributed by atoms with Crippen molar-refractivity contribution in [3.63, 3.8) is 0 Å². The summed E-state index contributed by atoms with van der Waals surface area (Å²) in [6.07, 6.45) is 1.74. The molecule has 1 aromatic heterocycles. The Morgan fingerprint density at radius 1 is 1.41 bits per heavy atom. The number of thiocarbonyl (C=S) groups is 1. The molecule has 9 heteroatoms. The van der Waals surface area contributed by atoms with Crippen LogP contribution in [0.4, 0.5) is 0 Å². The van der Waals surface area contributed by atoms with Crippen LogP contribution in [0.1, 0.15) is 22.2 Å². The van der Waals surface area contributed by atoms with Crippen LogP contribution in [0, 0.1) is 0 Å². The second-order valence-electron chi connectivity index (χ2n) is 5.37. The lowest BCUT2D eigenvalue weighted by Gasteiger charge is -2.13. The first-order valence-electron chi connectivity index (χ1n) is 7.84. The van der Waals surface area contributed by atoms with Gasteiger partial charge in [-0.1, -0.05) is 30.0 Å². The smallest absolute Gasteiger partial charge is 0.353 e. The fourth-order valence-corrected chi connectivity index (χ4v) is 4.59. The maximum atomic E-state index is 12.3. The van der Waals surface area contributed by atoms with Crippen molar-refractivity contribution in [2.24, 2.45) is 0 Å². The number of carbonyl (C=O) groups excluding carboxylic acids is 2. The Balaban J connectivity index is 1.94. The average molecular weight is 484 g/mol. The lowest BCUT2D eigenvalue weighted by molar-refractivity contribution is -0.121. The topological polar surface area (TPSA) is 55.8 Å². The predicted octanol–water partition coefficient (Wildman–Crippen LogP) is 4.96. The fourth-order valence-electron chi connectivity index (χ4n) is 2.27. The molecule has 1 aliphatic heterocycles. The van der Waals surface area contributed by atoms with Crippen LogP contribution >= 0.6 is 51.2 Å². The highest BCUT2D eigenvalue weighted by atomic mass is 79.9. The lowest BCUT2D eigenvalue weighted by Crippen LogP contribution is -2.22. The van der Waals surface area contributed by atoms with Gasteiger partial charge in [0.1, 0.15) is 9.20 Å². The number of halogens is 1. The molecule has 27 heavy (non-hydrogen) atoms. The summed E-state index contributed by atoms with van der Waals surface area (Å²) in [7, 11) is 1.65. The highest BCUT2D eigenvalue weighted by Crippen LogP contribution is 2.39. The third-order valence-corrected chi connectivity index (χ3v) is 6.46. The van der Waals surface area contributed by atoms with Crippen molar-refractivity contribution in [3.8, 4) is 11.5 Å². The fraction of sp³-hybridized carbons (Fsp3) is 0.167. The van der Waals surface area contributed by atoms with E-state index in [1.54, 1.807) is 37.4 Å². The zero-order valence-electron chi connectivity index (χ0n) is 14.4. The number of thiophene rings is 1. The molecule has 2 heterocycles. The molecule has 0 aliphatic carbocycles. The highest BCUT2D eigenvalue weighted by Gasteiger charge is 2.29. The number of hydrogen-bond donors (Lipinski definition) is 0. The maximum Gasteiger partial charge on any atom is 0.353 e. The molecule has 1 aromatic carbocycles. The molecule has 1 aliphatic rings. The van der Waals surface area contributed by atoms with E-state index in [-0.39, 0.29) is 5.91 Å². The quantitative estimate of drug-likeness (QED) is 0.259. The minimum absolute atomic E-state index is 0.146. The number of hydrogen-bond acceptors (Lipinski definition) is 7. The van der Waals surface area contributed by atoms with Crippen molar-refractivity contribution in [2.75, 3.05) is 13.7 Å².